The number of rotatable bonds is 9. The third kappa shape index (κ3) is 7.72. The molecule has 214 valence electrons. The number of nitrogens with one attached hydrogen (secondary N) is 4. The Labute approximate surface area is 235 Å². The van der Waals surface area contributed by atoms with Gasteiger partial charge in [-0.3, -0.25) is 4.79 Å². The molecule has 0 saturated carbocycles. The van der Waals surface area contributed by atoms with Gasteiger partial charge in [-0.05, 0) is 70.2 Å². The zero-order valence-electron chi connectivity index (χ0n) is 23.1. The van der Waals surface area contributed by atoms with Gasteiger partial charge in [0.15, 0.2) is 0 Å². The number of nitrogens with zero attached hydrogens (tertiary/aromatic N) is 1. The number of imidazole rings is 1. The molecule has 12 heteroatoms. The number of alkyl carbamates (subject to hydrolysis) is 1. The first-order valence-corrected chi connectivity index (χ1v) is 12.9. The fourth-order valence-corrected chi connectivity index (χ4v) is 3.90. The molecule has 2 amide bonds. The van der Waals surface area contributed by atoms with E-state index in [9.17, 15) is 19.2 Å². The highest BCUT2D eigenvalue weighted by Crippen LogP contribution is 2.25. The monoisotopic (exact) mass is 561 g/mol. The van der Waals surface area contributed by atoms with Crippen molar-refractivity contribution in [2.24, 2.45) is 0 Å². The maximum absolute atomic E-state index is 13.2. The number of anilines is 1. The largest absolute Gasteiger partial charge is 0.462 e. The number of hydrogen-bond donors (Lipinski definition) is 4. The average Bonchev–Trinajstić information content (AvgIpc) is 3.57. The van der Waals surface area contributed by atoms with Gasteiger partial charge in [-0.1, -0.05) is 0 Å². The van der Waals surface area contributed by atoms with Crippen molar-refractivity contribution in [3.8, 4) is 5.75 Å². The standard InChI is InChI=1S/C29H31N5O7/c1-5-39-26(36)17-6-9-20(10-7-17)40-27(37)22-15-31-23-11-8-18(12-21(22)23)33-25(35)24(13-19-14-30-16-32-19)34-28(38)41-29(2,3)4/h6-12,14-16,24,31H,5,13H2,1-4H3,(H,30,32)(H,33,35)(H,34,38)/t24-/m0/s1. The number of carbonyl (C=O) groups is 4. The summed E-state index contributed by atoms with van der Waals surface area (Å²) in [5.41, 5.74) is 1.45. The maximum atomic E-state index is 13.2. The Morgan fingerprint density at radius 3 is 2.41 bits per heavy atom. The van der Waals surface area contributed by atoms with Gasteiger partial charge in [0.25, 0.3) is 0 Å². The molecule has 0 spiro atoms. The molecule has 4 N–H and O–H groups in total. The summed E-state index contributed by atoms with van der Waals surface area (Å²) in [4.78, 5) is 60.5. The minimum atomic E-state index is -0.989. The number of hydrogen-bond acceptors (Lipinski definition) is 8. The highest BCUT2D eigenvalue weighted by molar-refractivity contribution is 6.07. The number of carbonyl (C=O) groups excluding carboxylic acids is 4. The van der Waals surface area contributed by atoms with Crippen molar-refractivity contribution >= 4 is 40.5 Å². The summed E-state index contributed by atoms with van der Waals surface area (Å²) < 4.78 is 15.8. The molecule has 0 aliphatic heterocycles. The Morgan fingerprint density at radius 1 is 1.00 bits per heavy atom. The SMILES string of the molecule is CCOC(=O)c1ccc(OC(=O)c2c[nH]c3ccc(NC(=O)[C@H](Cc4c[nH]cn4)NC(=O)OC(C)(C)C)cc23)cc1. The lowest BCUT2D eigenvalue weighted by Gasteiger charge is -2.23. The number of ether oxygens (including phenoxy) is 3. The van der Waals surface area contributed by atoms with Crippen molar-refractivity contribution in [2.45, 2.75) is 45.8 Å². The maximum Gasteiger partial charge on any atom is 0.408 e. The number of aromatic amines is 2. The predicted molar refractivity (Wildman–Crippen MR) is 150 cm³/mol. The van der Waals surface area contributed by atoms with Gasteiger partial charge in [-0.15, -0.1) is 0 Å². The van der Waals surface area contributed by atoms with E-state index in [1.54, 1.807) is 52.1 Å². The number of fused-ring (bicyclic) bond motifs is 1. The summed E-state index contributed by atoms with van der Waals surface area (Å²) in [5.74, 6) is -1.35. The number of benzene rings is 2. The zero-order chi connectivity index (χ0) is 29.6. The first-order valence-electron chi connectivity index (χ1n) is 12.9. The quantitative estimate of drug-likeness (QED) is 0.173. The molecule has 41 heavy (non-hydrogen) atoms. The minimum Gasteiger partial charge on any atom is -0.462 e. The summed E-state index contributed by atoms with van der Waals surface area (Å²) in [6, 6.07) is 10.0. The van der Waals surface area contributed by atoms with E-state index >= 15 is 0 Å². The lowest BCUT2D eigenvalue weighted by Crippen LogP contribution is -2.47. The van der Waals surface area contributed by atoms with Gasteiger partial charge in [0.2, 0.25) is 5.91 Å². The second-order valence-electron chi connectivity index (χ2n) is 10.0. The fraction of sp³-hybridized carbons (Fsp3) is 0.276. The summed E-state index contributed by atoms with van der Waals surface area (Å²) in [5, 5.41) is 5.91. The van der Waals surface area contributed by atoms with Crippen molar-refractivity contribution in [1.82, 2.24) is 20.3 Å². The summed E-state index contributed by atoms with van der Waals surface area (Å²) >= 11 is 0. The highest BCUT2D eigenvalue weighted by Gasteiger charge is 2.26. The molecule has 0 saturated heterocycles. The van der Waals surface area contributed by atoms with Crippen LogP contribution in [0.3, 0.4) is 0 Å². The highest BCUT2D eigenvalue weighted by atomic mass is 16.6. The van der Waals surface area contributed by atoms with Gasteiger partial charge in [-0.25, -0.2) is 19.4 Å². The third-order valence-electron chi connectivity index (χ3n) is 5.72. The Morgan fingerprint density at radius 2 is 1.76 bits per heavy atom. The predicted octanol–water partition coefficient (Wildman–Crippen LogP) is 4.36. The van der Waals surface area contributed by atoms with E-state index in [1.165, 1.54) is 36.8 Å². The van der Waals surface area contributed by atoms with Crippen LogP contribution in [0.5, 0.6) is 5.75 Å². The molecule has 2 aromatic carbocycles. The van der Waals surface area contributed by atoms with Crippen LogP contribution in [0.15, 0.2) is 61.2 Å². The van der Waals surface area contributed by atoms with Crippen LogP contribution in [0.2, 0.25) is 0 Å². The number of amides is 2. The van der Waals surface area contributed by atoms with E-state index in [0.29, 0.717) is 27.8 Å². The lowest BCUT2D eigenvalue weighted by atomic mass is 10.1. The molecular formula is C29H31N5O7. The van der Waals surface area contributed by atoms with Crippen molar-refractivity contribution in [2.75, 3.05) is 11.9 Å². The molecule has 2 aromatic heterocycles. The third-order valence-corrected chi connectivity index (χ3v) is 5.72. The van der Waals surface area contributed by atoms with Crippen molar-refractivity contribution in [1.29, 1.82) is 0 Å². The molecule has 4 rings (SSSR count). The van der Waals surface area contributed by atoms with Gasteiger partial charge >= 0.3 is 18.0 Å². The van der Waals surface area contributed by atoms with Crippen LogP contribution in [-0.2, 0) is 20.7 Å². The van der Waals surface area contributed by atoms with E-state index in [0.717, 1.165) is 0 Å². The lowest BCUT2D eigenvalue weighted by molar-refractivity contribution is -0.118. The first kappa shape index (κ1) is 28.9. The summed E-state index contributed by atoms with van der Waals surface area (Å²) in [6.07, 6.45) is 4.00. The molecule has 2 heterocycles. The number of esters is 2. The number of aromatic nitrogens is 3. The Bertz CT molecular complexity index is 1540. The van der Waals surface area contributed by atoms with E-state index in [-0.39, 0.29) is 24.3 Å². The Balaban J connectivity index is 1.49. The topological polar surface area (TPSA) is 164 Å². The van der Waals surface area contributed by atoms with Crippen molar-refractivity contribution in [3.05, 3.63) is 78.0 Å². The van der Waals surface area contributed by atoms with Gasteiger partial charge < -0.3 is 34.8 Å². The number of H-pyrrole nitrogens is 2. The van der Waals surface area contributed by atoms with Crippen LogP contribution < -0.4 is 15.4 Å². The molecule has 0 radical (unpaired) electrons. The van der Waals surface area contributed by atoms with Crippen molar-refractivity contribution < 1.29 is 33.4 Å². The molecule has 0 bridgehead atoms. The van der Waals surface area contributed by atoms with Crippen LogP contribution in [0, 0.1) is 0 Å². The molecular weight excluding hydrogens is 530 g/mol. The molecule has 4 aromatic rings. The van der Waals surface area contributed by atoms with Crippen LogP contribution >= 0.6 is 0 Å². The van der Waals surface area contributed by atoms with Gasteiger partial charge in [-0.2, -0.15) is 0 Å². The summed E-state index contributed by atoms with van der Waals surface area (Å²) in [7, 11) is 0. The minimum absolute atomic E-state index is 0.119. The zero-order valence-corrected chi connectivity index (χ0v) is 23.1. The van der Waals surface area contributed by atoms with E-state index in [1.807, 2.05) is 0 Å². The van der Waals surface area contributed by atoms with Crippen molar-refractivity contribution in [3.63, 3.8) is 0 Å². The smallest absolute Gasteiger partial charge is 0.408 e. The van der Waals surface area contributed by atoms with E-state index < -0.39 is 35.6 Å². The molecule has 1 atom stereocenters. The van der Waals surface area contributed by atoms with Crippen LogP contribution in [0.4, 0.5) is 10.5 Å². The van der Waals surface area contributed by atoms with Crippen LogP contribution in [0.1, 0.15) is 54.1 Å². The molecule has 0 aliphatic carbocycles. The molecule has 0 fully saturated rings. The second-order valence-corrected chi connectivity index (χ2v) is 10.0. The van der Waals surface area contributed by atoms with E-state index in [4.69, 9.17) is 14.2 Å². The molecule has 0 unspecified atom stereocenters. The summed E-state index contributed by atoms with van der Waals surface area (Å²) in [6.45, 7) is 7.14. The van der Waals surface area contributed by atoms with Gasteiger partial charge in [0.05, 0.1) is 29.8 Å². The van der Waals surface area contributed by atoms with Gasteiger partial charge in [0.1, 0.15) is 17.4 Å². The normalized spacial score (nSPS) is 11.9. The Kier molecular flexibility index (Phi) is 8.71. The Hall–Kier alpha value is -5.13. The molecule has 0 aliphatic rings. The second kappa shape index (κ2) is 12.4. The first-order chi connectivity index (χ1) is 19.5. The van der Waals surface area contributed by atoms with E-state index in [2.05, 4.69) is 25.6 Å². The van der Waals surface area contributed by atoms with Crippen LogP contribution in [-0.4, -0.2) is 57.1 Å². The fourth-order valence-electron chi connectivity index (χ4n) is 3.90. The van der Waals surface area contributed by atoms with Crippen LogP contribution in [0.25, 0.3) is 10.9 Å². The molecule has 12 nitrogen and oxygen atoms in total. The average molecular weight is 562 g/mol. The van der Waals surface area contributed by atoms with Gasteiger partial charge in [0, 0.05) is 35.4 Å².